The number of esters is 1. The van der Waals surface area contributed by atoms with Crippen LogP contribution < -0.4 is 0 Å². The molecule has 0 aromatic carbocycles. The Labute approximate surface area is 168 Å². The van der Waals surface area contributed by atoms with E-state index < -0.39 is 0 Å². The van der Waals surface area contributed by atoms with Gasteiger partial charge in [0.05, 0.1) is 6.10 Å². The van der Waals surface area contributed by atoms with E-state index in [1.807, 2.05) is 6.08 Å². The third-order valence-electron chi connectivity index (χ3n) is 8.68. The number of allylic oxidation sites excluding steroid dienone is 2. The molecule has 4 rings (SSSR count). The Kier molecular flexibility index (Phi) is 4.85. The second-order valence-corrected chi connectivity index (χ2v) is 10.2. The minimum atomic E-state index is -0.351. The second-order valence-electron chi connectivity index (χ2n) is 10.2. The number of aliphatic hydroxyl groups is 1. The summed E-state index contributed by atoms with van der Waals surface area (Å²) in [6, 6.07) is 0. The number of rotatable bonds is 2. The van der Waals surface area contributed by atoms with Crippen LogP contribution in [0.25, 0.3) is 0 Å². The van der Waals surface area contributed by atoms with E-state index in [0.29, 0.717) is 30.8 Å². The maximum atomic E-state index is 12.1. The fourth-order valence-electron chi connectivity index (χ4n) is 7.56. The van der Waals surface area contributed by atoms with Gasteiger partial charge < -0.3 is 9.84 Å². The highest BCUT2D eigenvalue weighted by Crippen LogP contribution is 2.67. The molecule has 1 N–H and O–H groups in total. The lowest BCUT2D eigenvalue weighted by Crippen LogP contribution is -2.57. The lowest BCUT2D eigenvalue weighted by atomic mass is 9.45. The van der Waals surface area contributed by atoms with Gasteiger partial charge in [-0.15, -0.1) is 0 Å². The molecule has 0 aliphatic heterocycles. The number of ether oxygens (including phenoxy) is 1. The molecular formula is C24H34O4. The van der Waals surface area contributed by atoms with E-state index in [9.17, 15) is 14.7 Å². The monoisotopic (exact) mass is 386 g/mol. The Balaban J connectivity index is 1.66. The molecule has 0 aromatic rings. The van der Waals surface area contributed by atoms with Crippen molar-refractivity contribution >= 4 is 11.8 Å². The zero-order chi connectivity index (χ0) is 20.3. The third kappa shape index (κ3) is 2.91. The molecule has 0 amide bonds. The largest absolute Gasteiger partial charge is 0.462 e. The summed E-state index contributed by atoms with van der Waals surface area (Å²) in [4.78, 5) is 23.2. The standard InChI is InChI=1S/C24H34O4/c1-14-11-18-19-6-5-16(8-10-28-15(2)25)24(19,4)13-21(27)22(18)23(3)9-7-17(26)12-20(14)23/h8,12,14,18-19,21-22,27H,5-7,9-11,13H2,1-4H3/b16-8+/t14-,18+,19+,21+,22-,23+,24-/m1/s1. The third-order valence-corrected chi connectivity index (χ3v) is 8.68. The average molecular weight is 387 g/mol. The molecule has 0 heterocycles. The fourth-order valence-corrected chi connectivity index (χ4v) is 7.56. The summed E-state index contributed by atoms with van der Waals surface area (Å²) in [5.41, 5.74) is 2.58. The molecule has 0 saturated heterocycles. The van der Waals surface area contributed by atoms with Crippen molar-refractivity contribution in [3.63, 3.8) is 0 Å². The Bertz CT molecular complexity index is 750. The van der Waals surface area contributed by atoms with Crippen molar-refractivity contribution in [1.29, 1.82) is 0 Å². The number of aliphatic hydroxyl groups excluding tert-OH is 1. The number of fused-ring (bicyclic) bond motifs is 5. The summed E-state index contributed by atoms with van der Waals surface area (Å²) in [5, 5.41) is 11.4. The molecule has 3 fully saturated rings. The highest BCUT2D eigenvalue weighted by molar-refractivity contribution is 5.91. The maximum Gasteiger partial charge on any atom is 0.302 e. The molecule has 4 aliphatic rings. The minimum absolute atomic E-state index is 0.0114. The van der Waals surface area contributed by atoms with Gasteiger partial charge in [-0.1, -0.05) is 31.9 Å². The predicted octanol–water partition coefficient (Wildman–Crippen LogP) is 4.22. The predicted molar refractivity (Wildman–Crippen MR) is 107 cm³/mol. The van der Waals surface area contributed by atoms with Crippen molar-refractivity contribution in [3.05, 3.63) is 23.3 Å². The van der Waals surface area contributed by atoms with Crippen LogP contribution in [-0.2, 0) is 14.3 Å². The van der Waals surface area contributed by atoms with Crippen LogP contribution in [0.1, 0.15) is 66.2 Å². The van der Waals surface area contributed by atoms with Gasteiger partial charge in [-0.2, -0.15) is 0 Å². The first-order valence-corrected chi connectivity index (χ1v) is 10.9. The second kappa shape index (κ2) is 6.83. The highest BCUT2D eigenvalue weighted by Gasteiger charge is 2.61. The van der Waals surface area contributed by atoms with Crippen LogP contribution in [0, 0.1) is 34.5 Å². The van der Waals surface area contributed by atoms with Crippen molar-refractivity contribution in [3.8, 4) is 0 Å². The van der Waals surface area contributed by atoms with E-state index in [1.165, 1.54) is 18.1 Å². The molecule has 28 heavy (non-hydrogen) atoms. The Morgan fingerprint density at radius 1 is 1.32 bits per heavy atom. The van der Waals surface area contributed by atoms with Crippen molar-refractivity contribution < 1.29 is 19.4 Å². The van der Waals surface area contributed by atoms with Crippen molar-refractivity contribution in [2.24, 2.45) is 34.5 Å². The van der Waals surface area contributed by atoms with Gasteiger partial charge in [0.2, 0.25) is 0 Å². The zero-order valence-electron chi connectivity index (χ0n) is 17.7. The number of hydrogen-bond acceptors (Lipinski definition) is 4. The van der Waals surface area contributed by atoms with Gasteiger partial charge in [0.15, 0.2) is 5.78 Å². The number of ketones is 1. The number of carbonyl (C=O) groups is 2. The van der Waals surface area contributed by atoms with Gasteiger partial charge in [-0.3, -0.25) is 9.59 Å². The van der Waals surface area contributed by atoms with Crippen LogP contribution in [0.4, 0.5) is 0 Å². The first kappa shape index (κ1) is 19.9. The van der Waals surface area contributed by atoms with Gasteiger partial charge in [-0.05, 0) is 78.8 Å². The fraction of sp³-hybridized carbons (Fsp3) is 0.750. The molecule has 154 valence electrons. The maximum absolute atomic E-state index is 12.1. The lowest BCUT2D eigenvalue weighted by Gasteiger charge is -2.60. The van der Waals surface area contributed by atoms with Crippen LogP contribution in [-0.4, -0.2) is 29.6 Å². The van der Waals surface area contributed by atoms with E-state index in [2.05, 4.69) is 26.8 Å². The first-order valence-electron chi connectivity index (χ1n) is 10.9. The number of hydrogen-bond donors (Lipinski definition) is 1. The first-order chi connectivity index (χ1) is 13.2. The highest BCUT2D eigenvalue weighted by atomic mass is 16.5. The molecule has 7 atom stereocenters. The van der Waals surface area contributed by atoms with Crippen molar-refractivity contribution in [1.82, 2.24) is 0 Å². The van der Waals surface area contributed by atoms with Crippen LogP contribution in [0.2, 0.25) is 0 Å². The molecule has 0 aromatic heterocycles. The molecule has 4 aliphatic carbocycles. The van der Waals surface area contributed by atoms with Crippen molar-refractivity contribution in [2.75, 3.05) is 6.61 Å². The number of carbonyl (C=O) groups excluding carboxylic acids is 2. The zero-order valence-corrected chi connectivity index (χ0v) is 17.7. The Morgan fingerprint density at radius 2 is 2.07 bits per heavy atom. The van der Waals surface area contributed by atoms with Crippen LogP contribution in [0.15, 0.2) is 23.3 Å². The van der Waals surface area contributed by atoms with Gasteiger partial charge >= 0.3 is 5.97 Å². The van der Waals surface area contributed by atoms with Crippen molar-refractivity contribution in [2.45, 2.75) is 72.3 Å². The molecule has 3 saturated carbocycles. The molecule has 4 heteroatoms. The van der Waals surface area contributed by atoms with Gasteiger partial charge in [-0.25, -0.2) is 0 Å². The molecule has 0 bridgehead atoms. The molecular weight excluding hydrogens is 352 g/mol. The van der Waals surface area contributed by atoms with E-state index in [4.69, 9.17) is 4.74 Å². The van der Waals surface area contributed by atoms with Gasteiger partial charge in [0.1, 0.15) is 6.61 Å². The summed E-state index contributed by atoms with van der Waals surface area (Å²) < 4.78 is 5.16. The minimum Gasteiger partial charge on any atom is -0.462 e. The summed E-state index contributed by atoms with van der Waals surface area (Å²) >= 11 is 0. The van der Waals surface area contributed by atoms with E-state index in [1.54, 1.807) is 0 Å². The Hall–Kier alpha value is -1.42. The summed E-state index contributed by atoms with van der Waals surface area (Å²) in [6.07, 6.45) is 9.15. The van der Waals surface area contributed by atoms with E-state index in [-0.39, 0.29) is 34.6 Å². The van der Waals surface area contributed by atoms with E-state index >= 15 is 0 Å². The normalized spacial score (nSPS) is 46.5. The van der Waals surface area contributed by atoms with E-state index in [0.717, 1.165) is 32.1 Å². The SMILES string of the molecule is CC(=O)OC/C=C1\CC[C@H]2[C@@H]3C[C@@H](C)C4=CC(=O)CC[C@]4(C)[C@H]3[C@@H](O)C[C@]12C. The summed E-state index contributed by atoms with van der Waals surface area (Å²) in [6.45, 7) is 8.66. The quantitative estimate of drug-likeness (QED) is 0.570. The Morgan fingerprint density at radius 3 is 2.79 bits per heavy atom. The summed E-state index contributed by atoms with van der Waals surface area (Å²) in [5.74, 6) is 1.69. The molecule has 0 unspecified atom stereocenters. The van der Waals surface area contributed by atoms with Crippen LogP contribution >= 0.6 is 0 Å². The average Bonchev–Trinajstić information content (AvgIpc) is 2.92. The smallest absolute Gasteiger partial charge is 0.302 e. The molecule has 0 radical (unpaired) electrons. The van der Waals surface area contributed by atoms with Gasteiger partial charge in [0, 0.05) is 13.3 Å². The molecule has 0 spiro atoms. The topological polar surface area (TPSA) is 63.6 Å². The lowest BCUT2D eigenvalue weighted by molar-refractivity contribution is -0.139. The summed E-state index contributed by atoms with van der Waals surface area (Å²) in [7, 11) is 0. The van der Waals surface area contributed by atoms with Crippen LogP contribution in [0.5, 0.6) is 0 Å². The van der Waals surface area contributed by atoms with Crippen LogP contribution in [0.3, 0.4) is 0 Å². The molecule has 4 nitrogen and oxygen atoms in total. The van der Waals surface area contributed by atoms with Gasteiger partial charge in [0.25, 0.3) is 0 Å².